The van der Waals surface area contributed by atoms with E-state index in [0.29, 0.717) is 19.8 Å². The van der Waals surface area contributed by atoms with E-state index in [0.717, 1.165) is 13.1 Å². The molecule has 1 heterocycles. The number of alkyl halides is 3. The van der Waals surface area contributed by atoms with E-state index in [1.165, 1.54) is 6.92 Å². The van der Waals surface area contributed by atoms with E-state index >= 15 is 0 Å². The van der Waals surface area contributed by atoms with Crippen molar-refractivity contribution < 1.29 is 27.4 Å². The molecule has 0 aromatic rings. The summed E-state index contributed by atoms with van der Waals surface area (Å²) in [5.41, 5.74) is 0. The quantitative estimate of drug-likeness (QED) is 0.788. The molecule has 5 nitrogen and oxygen atoms in total. The van der Waals surface area contributed by atoms with Crippen LogP contribution in [-0.4, -0.2) is 68.6 Å². The molecule has 0 radical (unpaired) electrons. The van der Waals surface area contributed by atoms with Gasteiger partial charge in [0.25, 0.3) is 0 Å². The third kappa shape index (κ3) is 6.53. The zero-order valence-electron chi connectivity index (χ0n) is 11.7. The van der Waals surface area contributed by atoms with Gasteiger partial charge in [0.05, 0.1) is 13.2 Å². The maximum Gasteiger partial charge on any atom is 0.411 e. The summed E-state index contributed by atoms with van der Waals surface area (Å²) in [5, 5.41) is 2.60. The summed E-state index contributed by atoms with van der Waals surface area (Å²) in [7, 11) is 0. The number of ether oxygens (including phenoxy) is 2. The highest BCUT2D eigenvalue weighted by atomic mass is 19.4. The number of morpholine rings is 1. The molecule has 1 aliphatic heterocycles. The molecule has 2 atom stereocenters. The highest BCUT2D eigenvalue weighted by molar-refractivity contribution is 5.80. The van der Waals surface area contributed by atoms with Crippen LogP contribution in [0.4, 0.5) is 13.2 Å². The summed E-state index contributed by atoms with van der Waals surface area (Å²) in [4.78, 5) is 13.8. The van der Waals surface area contributed by atoms with Gasteiger partial charge in [-0.05, 0) is 13.8 Å². The predicted octanol–water partition coefficient (Wildman–Crippen LogP) is 0.791. The molecule has 1 amide bonds. The van der Waals surface area contributed by atoms with E-state index in [2.05, 4.69) is 15.0 Å². The Labute approximate surface area is 116 Å². The number of rotatable bonds is 6. The van der Waals surface area contributed by atoms with Crippen molar-refractivity contribution in [1.82, 2.24) is 10.2 Å². The van der Waals surface area contributed by atoms with Gasteiger partial charge in [-0.1, -0.05) is 0 Å². The van der Waals surface area contributed by atoms with Gasteiger partial charge in [0.2, 0.25) is 5.91 Å². The number of carbonyl (C=O) groups excluding carboxylic acids is 1. The Bertz CT molecular complexity index is 307. The maximum absolute atomic E-state index is 12.0. The highest BCUT2D eigenvalue weighted by Gasteiger charge is 2.30. The van der Waals surface area contributed by atoms with Crippen molar-refractivity contribution in [3.8, 4) is 0 Å². The number of hydrogen-bond donors (Lipinski definition) is 1. The average Bonchev–Trinajstić information content (AvgIpc) is 2.41. The fraction of sp³-hybridized carbons (Fsp3) is 0.917. The number of halogens is 3. The number of amides is 1. The largest absolute Gasteiger partial charge is 0.411 e. The minimum absolute atomic E-state index is 0.109. The van der Waals surface area contributed by atoms with E-state index in [4.69, 9.17) is 4.74 Å². The van der Waals surface area contributed by atoms with Crippen LogP contribution in [0.2, 0.25) is 0 Å². The molecule has 1 saturated heterocycles. The van der Waals surface area contributed by atoms with Crippen LogP contribution in [0.15, 0.2) is 0 Å². The molecule has 0 spiro atoms. The van der Waals surface area contributed by atoms with Crippen LogP contribution in [-0.2, 0) is 14.3 Å². The molecule has 0 bridgehead atoms. The van der Waals surface area contributed by atoms with E-state index in [1.807, 2.05) is 6.92 Å². The fourth-order valence-corrected chi connectivity index (χ4v) is 1.83. The Balaban J connectivity index is 2.24. The lowest BCUT2D eigenvalue weighted by Gasteiger charge is -2.32. The molecule has 1 fully saturated rings. The summed E-state index contributed by atoms with van der Waals surface area (Å²) < 4.78 is 45.6. The minimum atomic E-state index is -4.42. The van der Waals surface area contributed by atoms with Gasteiger partial charge in [0.15, 0.2) is 0 Å². The second kappa shape index (κ2) is 7.80. The van der Waals surface area contributed by atoms with Gasteiger partial charge < -0.3 is 14.8 Å². The standard InChI is InChI=1S/C12H21F3N2O3/c1-9(17-3-5-19-6-4-17)7-16-11(18)10(2)20-8-12(13,14)15/h9-10H,3-8H2,1-2H3,(H,16,18)/t9-,10+/m1/s1. The van der Waals surface area contributed by atoms with Crippen molar-refractivity contribution in [3.63, 3.8) is 0 Å². The van der Waals surface area contributed by atoms with Crippen LogP contribution in [0.25, 0.3) is 0 Å². The summed E-state index contributed by atoms with van der Waals surface area (Å²) in [6, 6.07) is 0.109. The zero-order valence-corrected chi connectivity index (χ0v) is 11.7. The molecule has 0 unspecified atom stereocenters. The normalized spacial score (nSPS) is 20.4. The molecule has 1 N–H and O–H groups in total. The SMILES string of the molecule is C[C@H](OCC(F)(F)F)C(=O)NC[C@@H](C)N1CCOCC1. The van der Waals surface area contributed by atoms with Gasteiger partial charge in [-0.2, -0.15) is 13.2 Å². The van der Waals surface area contributed by atoms with Crippen LogP contribution >= 0.6 is 0 Å². The molecule has 0 aliphatic carbocycles. The summed E-state index contributed by atoms with van der Waals surface area (Å²) in [6.45, 7) is 5.10. The monoisotopic (exact) mass is 298 g/mol. The molecule has 20 heavy (non-hydrogen) atoms. The Hall–Kier alpha value is -0.860. The van der Waals surface area contributed by atoms with Gasteiger partial charge in [-0.15, -0.1) is 0 Å². The van der Waals surface area contributed by atoms with Gasteiger partial charge in [0.1, 0.15) is 12.7 Å². The molecule has 0 aromatic heterocycles. The third-order valence-electron chi connectivity index (χ3n) is 3.11. The van der Waals surface area contributed by atoms with Crippen LogP contribution in [0, 0.1) is 0 Å². The lowest BCUT2D eigenvalue weighted by Crippen LogP contribution is -2.48. The van der Waals surface area contributed by atoms with Crippen molar-refractivity contribution in [2.24, 2.45) is 0 Å². The van der Waals surface area contributed by atoms with E-state index in [1.54, 1.807) is 0 Å². The zero-order chi connectivity index (χ0) is 15.2. The minimum Gasteiger partial charge on any atom is -0.379 e. The van der Waals surface area contributed by atoms with Crippen LogP contribution < -0.4 is 5.32 Å². The fourth-order valence-electron chi connectivity index (χ4n) is 1.83. The maximum atomic E-state index is 12.0. The molecule has 0 aromatic carbocycles. The van der Waals surface area contributed by atoms with Crippen LogP contribution in [0.1, 0.15) is 13.8 Å². The topological polar surface area (TPSA) is 50.8 Å². The van der Waals surface area contributed by atoms with Gasteiger partial charge in [0, 0.05) is 25.7 Å². The van der Waals surface area contributed by atoms with E-state index < -0.39 is 24.8 Å². The number of hydrogen-bond acceptors (Lipinski definition) is 4. The first-order valence-electron chi connectivity index (χ1n) is 6.57. The van der Waals surface area contributed by atoms with Gasteiger partial charge in [-0.3, -0.25) is 9.69 Å². The molecule has 8 heteroatoms. The predicted molar refractivity (Wildman–Crippen MR) is 66.3 cm³/mol. The summed E-state index contributed by atoms with van der Waals surface area (Å²) in [5.74, 6) is -0.533. The first kappa shape index (κ1) is 17.2. The lowest BCUT2D eigenvalue weighted by atomic mass is 10.2. The third-order valence-corrected chi connectivity index (χ3v) is 3.11. The Kier molecular flexibility index (Phi) is 6.70. The lowest BCUT2D eigenvalue weighted by molar-refractivity contribution is -0.185. The molecular weight excluding hydrogens is 277 g/mol. The van der Waals surface area contributed by atoms with Crippen molar-refractivity contribution >= 4 is 5.91 Å². The molecular formula is C12H21F3N2O3. The van der Waals surface area contributed by atoms with E-state index in [-0.39, 0.29) is 6.04 Å². The number of nitrogens with one attached hydrogen (secondary N) is 1. The van der Waals surface area contributed by atoms with Gasteiger partial charge >= 0.3 is 6.18 Å². The van der Waals surface area contributed by atoms with Crippen molar-refractivity contribution in [1.29, 1.82) is 0 Å². The highest BCUT2D eigenvalue weighted by Crippen LogP contribution is 2.15. The number of carbonyl (C=O) groups is 1. The summed E-state index contributed by atoms with van der Waals surface area (Å²) >= 11 is 0. The first-order valence-corrected chi connectivity index (χ1v) is 6.57. The average molecular weight is 298 g/mol. The molecule has 1 aliphatic rings. The van der Waals surface area contributed by atoms with Crippen molar-refractivity contribution in [2.45, 2.75) is 32.2 Å². The first-order chi connectivity index (χ1) is 9.29. The second-order valence-electron chi connectivity index (χ2n) is 4.81. The Morgan fingerprint density at radius 1 is 1.35 bits per heavy atom. The van der Waals surface area contributed by atoms with Crippen LogP contribution in [0.5, 0.6) is 0 Å². The Morgan fingerprint density at radius 3 is 2.50 bits per heavy atom. The van der Waals surface area contributed by atoms with Gasteiger partial charge in [-0.25, -0.2) is 0 Å². The molecule has 118 valence electrons. The van der Waals surface area contributed by atoms with E-state index in [9.17, 15) is 18.0 Å². The Morgan fingerprint density at radius 2 is 1.95 bits per heavy atom. The molecule has 0 saturated carbocycles. The van der Waals surface area contributed by atoms with Crippen molar-refractivity contribution in [2.75, 3.05) is 39.5 Å². The summed E-state index contributed by atoms with van der Waals surface area (Å²) in [6.07, 6.45) is -5.54. The van der Waals surface area contributed by atoms with Crippen LogP contribution in [0.3, 0.4) is 0 Å². The van der Waals surface area contributed by atoms with Crippen molar-refractivity contribution in [3.05, 3.63) is 0 Å². The second-order valence-corrected chi connectivity index (χ2v) is 4.81. The smallest absolute Gasteiger partial charge is 0.379 e. The number of nitrogens with zero attached hydrogens (tertiary/aromatic N) is 1. The molecule has 1 rings (SSSR count).